The summed E-state index contributed by atoms with van der Waals surface area (Å²) in [5.74, 6) is -1.41. The van der Waals surface area contributed by atoms with E-state index in [1.807, 2.05) is 30.3 Å². The second-order valence-corrected chi connectivity index (χ2v) is 4.60. The summed E-state index contributed by atoms with van der Waals surface area (Å²) in [6, 6.07) is 9.57. The third-order valence-electron chi connectivity index (χ3n) is 2.80. The van der Waals surface area contributed by atoms with E-state index in [1.54, 1.807) is 0 Å². The fraction of sp³-hybridized carbons (Fsp3) is 0.429. The number of carbonyl (C=O) groups excluding carboxylic acids is 1. The molecule has 0 heterocycles. The van der Waals surface area contributed by atoms with Gasteiger partial charge in [-0.25, -0.2) is 4.79 Å². The Morgan fingerprint density at radius 2 is 1.95 bits per heavy atom. The summed E-state index contributed by atoms with van der Waals surface area (Å²) < 4.78 is 4.84. The lowest BCUT2D eigenvalue weighted by molar-refractivity contribution is -0.149. The lowest BCUT2D eigenvalue weighted by Crippen LogP contribution is -2.55. The number of carboxylic acid groups (broad SMARTS) is 1. The summed E-state index contributed by atoms with van der Waals surface area (Å²) >= 11 is 0. The number of ether oxygens (including phenoxy) is 1. The number of carboxylic acids is 1. The van der Waals surface area contributed by atoms with Crippen LogP contribution in [0.3, 0.4) is 0 Å². The number of nitrogens with one attached hydrogen (secondary N) is 1. The van der Waals surface area contributed by atoms with Gasteiger partial charge in [-0.05, 0) is 18.9 Å². The minimum absolute atomic E-state index is 0.0700. The van der Waals surface area contributed by atoms with Crippen LogP contribution in [0.25, 0.3) is 0 Å². The van der Waals surface area contributed by atoms with E-state index in [0.717, 1.165) is 5.56 Å². The number of amides is 1. The molecular weight excluding hydrogens is 246 g/mol. The Kier molecular flexibility index (Phi) is 5.51. The number of carbonyl (C=O) groups is 2. The van der Waals surface area contributed by atoms with Crippen molar-refractivity contribution in [2.75, 3.05) is 13.7 Å². The van der Waals surface area contributed by atoms with Crippen LogP contribution in [-0.4, -0.2) is 36.2 Å². The molecule has 2 N–H and O–H groups in total. The minimum Gasteiger partial charge on any atom is -0.479 e. The quantitative estimate of drug-likeness (QED) is 0.777. The van der Waals surface area contributed by atoms with Gasteiger partial charge in [-0.2, -0.15) is 0 Å². The molecule has 1 rings (SSSR count). The molecule has 1 atom stereocenters. The van der Waals surface area contributed by atoms with E-state index in [9.17, 15) is 9.59 Å². The van der Waals surface area contributed by atoms with Crippen molar-refractivity contribution < 1.29 is 19.4 Å². The zero-order valence-corrected chi connectivity index (χ0v) is 11.2. The Morgan fingerprint density at radius 3 is 2.47 bits per heavy atom. The highest BCUT2D eigenvalue weighted by Gasteiger charge is 2.34. The maximum Gasteiger partial charge on any atom is 0.331 e. The van der Waals surface area contributed by atoms with Gasteiger partial charge in [0.15, 0.2) is 5.54 Å². The van der Waals surface area contributed by atoms with Crippen LogP contribution in [0.5, 0.6) is 0 Å². The Labute approximate surface area is 112 Å². The summed E-state index contributed by atoms with van der Waals surface area (Å²) in [6.07, 6.45) is 0.825. The molecule has 5 nitrogen and oxygen atoms in total. The first-order valence-corrected chi connectivity index (χ1v) is 6.05. The van der Waals surface area contributed by atoms with Gasteiger partial charge in [-0.3, -0.25) is 4.79 Å². The van der Waals surface area contributed by atoms with Crippen LogP contribution in [0.4, 0.5) is 0 Å². The zero-order valence-electron chi connectivity index (χ0n) is 11.2. The molecule has 1 amide bonds. The highest BCUT2D eigenvalue weighted by Crippen LogP contribution is 2.07. The first kappa shape index (κ1) is 15.2. The molecule has 1 aromatic rings. The maximum absolute atomic E-state index is 11.8. The van der Waals surface area contributed by atoms with Crippen molar-refractivity contribution in [2.24, 2.45) is 0 Å². The molecule has 0 saturated heterocycles. The van der Waals surface area contributed by atoms with E-state index < -0.39 is 11.5 Å². The summed E-state index contributed by atoms with van der Waals surface area (Å²) in [5, 5.41) is 11.6. The maximum atomic E-state index is 11.8. The Bertz CT molecular complexity index is 432. The highest BCUT2D eigenvalue weighted by molar-refractivity contribution is 5.86. The molecule has 0 spiro atoms. The van der Waals surface area contributed by atoms with Crippen LogP contribution in [0, 0.1) is 0 Å². The number of methoxy groups -OCH3 is 1. The van der Waals surface area contributed by atoms with Crippen LogP contribution in [0.1, 0.15) is 18.9 Å². The smallest absolute Gasteiger partial charge is 0.331 e. The van der Waals surface area contributed by atoms with Gasteiger partial charge in [-0.1, -0.05) is 30.3 Å². The lowest BCUT2D eigenvalue weighted by atomic mass is 10.0. The Morgan fingerprint density at radius 1 is 1.32 bits per heavy atom. The molecule has 0 bridgehead atoms. The summed E-state index contributed by atoms with van der Waals surface area (Å²) in [4.78, 5) is 22.9. The molecule has 104 valence electrons. The summed E-state index contributed by atoms with van der Waals surface area (Å²) in [5.41, 5.74) is -0.343. The zero-order chi connectivity index (χ0) is 14.3. The van der Waals surface area contributed by atoms with Gasteiger partial charge in [0.1, 0.15) is 0 Å². The largest absolute Gasteiger partial charge is 0.479 e. The van der Waals surface area contributed by atoms with E-state index in [0.29, 0.717) is 6.42 Å². The van der Waals surface area contributed by atoms with E-state index in [1.165, 1.54) is 14.0 Å². The van der Waals surface area contributed by atoms with Gasteiger partial charge in [0.2, 0.25) is 5.91 Å². The molecule has 1 aromatic carbocycles. The average Bonchev–Trinajstić information content (AvgIpc) is 2.37. The summed E-state index contributed by atoms with van der Waals surface area (Å²) in [7, 11) is 1.40. The van der Waals surface area contributed by atoms with Crippen molar-refractivity contribution >= 4 is 11.9 Å². The van der Waals surface area contributed by atoms with Crippen LogP contribution >= 0.6 is 0 Å². The van der Waals surface area contributed by atoms with Gasteiger partial charge in [0.05, 0.1) is 6.61 Å². The molecule has 0 radical (unpaired) electrons. The van der Waals surface area contributed by atoms with Crippen LogP contribution in [-0.2, 0) is 20.7 Å². The van der Waals surface area contributed by atoms with Crippen molar-refractivity contribution in [3.63, 3.8) is 0 Å². The molecule has 0 saturated carbocycles. The SMILES string of the molecule is COCC(C)(NC(=O)CCc1ccccc1)C(=O)O. The van der Waals surface area contributed by atoms with E-state index in [4.69, 9.17) is 9.84 Å². The normalized spacial score (nSPS) is 13.6. The van der Waals surface area contributed by atoms with Crippen molar-refractivity contribution in [3.05, 3.63) is 35.9 Å². The molecule has 19 heavy (non-hydrogen) atoms. The molecule has 0 aliphatic rings. The molecule has 1 unspecified atom stereocenters. The fourth-order valence-electron chi connectivity index (χ4n) is 1.71. The second-order valence-electron chi connectivity index (χ2n) is 4.60. The molecule has 0 aliphatic heterocycles. The van der Waals surface area contributed by atoms with Crippen LogP contribution in [0.15, 0.2) is 30.3 Å². The Balaban J connectivity index is 2.52. The van der Waals surface area contributed by atoms with Crippen LogP contribution < -0.4 is 5.32 Å². The summed E-state index contributed by atoms with van der Waals surface area (Å²) in [6.45, 7) is 1.36. The number of hydrogen-bond acceptors (Lipinski definition) is 3. The van der Waals surface area contributed by atoms with Gasteiger partial charge in [0, 0.05) is 13.5 Å². The van der Waals surface area contributed by atoms with Crippen LogP contribution in [0.2, 0.25) is 0 Å². The molecule has 5 heteroatoms. The van der Waals surface area contributed by atoms with Crippen molar-refractivity contribution in [2.45, 2.75) is 25.3 Å². The fourth-order valence-corrected chi connectivity index (χ4v) is 1.71. The average molecular weight is 265 g/mol. The number of benzene rings is 1. The van der Waals surface area contributed by atoms with E-state index in [-0.39, 0.29) is 18.9 Å². The van der Waals surface area contributed by atoms with Gasteiger partial charge >= 0.3 is 5.97 Å². The highest BCUT2D eigenvalue weighted by atomic mass is 16.5. The first-order chi connectivity index (χ1) is 8.98. The molecule has 0 aliphatic carbocycles. The van der Waals surface area contributed by atoms with Crippen molar-refractivity contribution in [3.8, 4) is 0 Å². The van der Waals surface area contributed by atoms with Gasteiger partial charge in [-0.15, -0.1) is 0 Å². The molecular formula is C14H19NO4. The van der Waals surface area contributed by atoms with Gasteiger partial charge in [0.25, 0.3) is 0 Å². The topological polar surface area (TPSA) is 75.6 Å². The standard InChI is InChI=1S/C14H19NO4/c1-14(10-19-2,13(17)18)15-12(16)9-8-11-6-4-3-5-7-11/h3-7H,8-10H2,1-2H3,(H,15,16)(H,17,18). The second kappa shape index (κ2) is 6.89. The van der Waals surface area contributed by atoms with E-state index in [2.05, 4.69) is 5.32 Å². The third kappa shape index (κ3) is 4.71. The third-order valence-corrected chi connectivity index (χ3v) is 2.80. The van der Waals surface area contributed by atoms with Gasteiger partial charge < -0.3 is 15.2 Å². The number of aryl methyl sites for hydroxylation is 1. The number of hydrogen-bond donors (Lipinski definition) is 2. The first-order valence-electron chi connectivity index (χ1n) is 6.05. The van der Waals surface area contributed by atoms with Crippen molar-refractivity contribution in [1.29, 1.82) is 0 Å². The van der Waals surface area contributed by atoms with E-state index >= 15 is 0 Å². The Hall–Kier alpha value is -1.88. The van der Waals surface area contributed by atoms with Crippen molar-refractivity contribution in [1.82, 2.24) is 5.32 Å². The predicted octanol–water partition coefficient (Wildman–Crippen LogP) is 1.23. The lowest BCUT2D eigenvalue weighted by Gasteiger charge is -2.25. The minimum atomic E-state index is -1.39. The monoisotopic (exact) mass is 265 g/mol. The predicted molar refractivity (Wildman–Crippen MR) is 70.8 cm³/mol. The molecule has 0 fully saturated rings. The number of rotatable bonds is 7. The number of aliphatic carboxylic acids is 1. The molecule has 0 aromatic heterocycles.